The Hall–Kier alpha value is -4.59. The number of benzene rings is 2. The second-order valence-electron chi connectivity index (χ2n) is 14.3. The number of nitrogens with one attached hydrogen (secondary N) is 2. The summed E-state index contributed by atoms with van der Waals surface area (Å²) in [5.41, 5.74) is 4.12. The van der Waals surface area contributed by atoms with E-state index in [0.29, 0.717) is 30.0 Å². The summed E-state index contributed by atoms with van der Waals surface area (Å²) in [6.07, 6.45) is 6.65. The fourth-order valence-electron chi connectivity index (χ4n) is 8.49. The second-order valence-corrected chi connectivity index (χ2v) is 14.3. The van der Waals surface area contributed by atoms with Crippen LogP contribution in [-0.2, 0) is 11.2 Å². The van der Waals surface area contributed by atoms with Crippen molar-refractivity contribution in [2.45, 2.75) is 63.1 Å². The number of rotatable bonds is 8. The van der Waals surface area contributed by atoms with E-state index in [-0.39, 0.29) is 41.0 Å². The molecule has 0 radical (unpaired) electrons. The molecule has 3 saturated heterocycles. The lowest BCUT2D eigenvalue weighted by Crippen LogP contribution is -2.48. The molecule has 5 aliphatic rings. The summed E-state index contributed by atoms with van der Waals surface area (Å²) in [6.45, 7) is 6.00. The smallest absolute Gasteiger partial charge is 0.409 e. The van der Waals surface area contributed by atoms with Crippen molar-refractivity contribution < 1.29 is 19.4 Å². The van der Waals surface area contributed by atoms with Crippen LogP contribution < -0.4 is 20.9 Å². The number of hydrogen-bond donors (Lipinski definition) is 3. The van der Waals surface area contributed by atoms with Gasteiger partial charge in [0, 0.05) is 57.3 Å². The van der Waals surface area contributed by atoms with Gasteiger partial charge in [-0.1, -0.05) is 25.1 Å². The lowest BCUT2D eigenvalue weighted by Gasteiger charge is -2.34. The molecule has 2 aromatic heterocycles. The molecule has 0 spiro atoms. The summed E-state index contributed by atoms with van der Waals surface area (Å²) in [5, 5.41) is 24.8. The monoisotopic (exact) mass is 680 g/mol. The zero-order chi connectivity index (χ0) is 34.6. The lowest BCUT2D eigenvalue weighted by molar-refractivity contribution is 0.0484. The van der Waals surface area contributed by atoms with Gasteiger partial charge in [0.2, 0.25) is 0 Å². The molecule has 50 heavy (non-hydrogen) atoms. The van der Waals surface area contributed by atoms with Crippen molar-refractivity contribution in [2.24, 2.45) is 0 Å². The first-order chi connectivity index (χ1) is 24.2. The van der Waals surface area contributed by atoms with Crippen LogP contribution in [0.15, 0.2) is 46.9 Å². The Balaban J connectivity index is 1.21. The lowest BCUT2D eigenvalue weighted by atomic mass is 9.93. The fraction of sp³-hybridized carbons (Fsp3) is 0.486. The molecule has 13 nitrogen and oxygen atoms in total. The summed E-state index contributed by atoms with van der Waals surface area (Å²) in [5.74, 6) is 0.0510. The number of fused-ring (bicyclic) bond motifs is 7. The molecule has 262 valence electrons. The molecule has 1 unspecified atom stereocenters. The van der Waals surface area contributed by atoms with Gasteiger partial charge in [0.25, 0.3) is 5.56 Å². The van der Waals surface area contributed by atoms with Gasteiger partial charge in [-0.3, -0.25) is 9.69 Å². The quantitative estimate of drug-likeness (QED) is 0.252. The molecule has 0 aliphatic carbocycles. The van der Waals surface area contributed by atoms with E-state index in [4.69, 9.17) is 19.4 Å². The molecule has 3 N–H and O–H groups in total. The molecule has 13 heteroatoms. The Bertz CT molecular complexity index is 2070. The average molecular weight is 681 g/mol. The highest BCUT2D eigenvalue weighted by Crippen LogP contribution is 2.43. The predicted octanol–water partition coefficient (Wildman–Crippen LogP) is 3.39. The highest BCUT2D eigenvalue weighted by Gasteiger charge is 2.50. The van der Waals surface area contributed by atoms with E-state index in [9.17, 15) is 14.7 Å². The molecule has 2 aromatic carbocycles. The fourth-order valence-corrected chi connectivity index (χ4v) is 8.49. The van der Waals surface area contributed by atoms with Gasteiger partial charge in [-0.25, -0.2) is 4.79 Å². The van der Waals surface area contributed by atoms with Crippen LogP contribution in [0.2, 0.25) is 0 Å². The van der Waals surface area contributed by atoms with Crippen molar-refractivity contribution in [3.05, 3.63) is 63.7 Å². The van der Waals surface area contributed by atoms with Gasteiger partial charge < -0.3 is 30.1 Å². The third-order valence-electron chi connectivity index (χ3n) is 11.0. The maximum Gasteiger partial charge on any atom is 0.409 e. The normalized spacial score (nSPS) is 23.4. The highest BCUT2D eigenvalue weighted by atomic mass is 16.6. The number of amides is 1. The minimum Gasteiger partial charge on any atom is -0.508 e. The van der Waals surface area contributed by atoms with Crippen molar-refractivity contribution in [1.29, 1.82) is 0 Å². The number of aryl methyl sites for hydroxylation is 1. The van der Waals surface area contributed by atoms with Gasteiger partial charge >= 0.3 is 12.1 Å². The highest BCUT2D eigenvalue weighted by molar-refractivity contribution is 5.95. The van der Waals surface area contributed by atoms with Crippen LogP contribution in [-0.4, -0.2) is 112 Å². The minimum atomic E-state index is -0.404. The largest absolute Gasteiger partial charge is 0.508 e. The number of aromatic hydroxyl groups is 1. The molecule has 5 aliphatic heterocycles. The van der Waals surface area contributed by atoms with E-state index >= 15 is 0 Å². The van der Waals surface area contributed by atoms with Gasteiger partial charge in [-0.05, 0) is 73.2 Å². The van der Waals surface area contributed by atoms with Crippen molar-refractivity contribution in [3.63, 3.8) is 0 Å². The summed E-state index contributed by atoms with van der Waals surface area (Å²) in [7, 11) is 3.37. The summed E-state index contributed by atoms with van der Waals surface area (Å²) < 4.78 is 13.5. The SMILES string of the molecule is CCc1cccc2cc(O)cc(-n3ncc4c(C5=C6CNCC(C5)NC6)nc(OC[C@]56CCCN5[C@@H](COC(=O)N(C)C)CC6)nc4c3=O)c12. The zero-order valence-corrected chi connectivity index (χ0v) is 28.9. The Morgan fingerprint density at radius 2 is 2.06 bits per heavy atom. The molecule has 7 heterocycles. The van der Waals surface area contributed by atoms with Crippen LogP contribution >= 0.6 is 0 Å². The standard InChI is InChI=1S/C37H44N8O5/c1-4-22-7-5-8-23-13-27(46)15-30(31(22)23)45-34(47)33-29(19-40-45)32(28-14-25-18-38-16-24(28)17-39-25)41-35(42-33)50-21-37-10-6-12-44(37)26(9-11-37)20-49-36(48)43(2)3/h5,7-8,13,15,19,25-26,38-39,46H,4,6,9-12,14,16-18,20-21H2,1-3H3/t25?,26-,37-/m1/s1. The van der Waals surface area contributed by atoms with E-state index < -0.39 is 5.56 Å². The van der Waals surface area contributed by atoms with E-state index in [1.807, 2.05) is 18.2 Å². The second kappa shape index (κ2) is 12.9. The van der Waals surface area contributed by atoms with Gasteiger partial charge in [0.15, 0.2) is 0 Å². The Morgan fingerprint density at radius 3 is 2.90 bits per heavy atom. The van der Waals surface area contributed by atoms with Crippen LogP contribution in [0.25, 0.3) is 32.9 Å². The Kier molecular flexibility index (Phi) is 8.44. The molecule has 1 amide bonds. The van der Waals surface area contributed by atoms with E-state index in [1.165, 1.54) is 15.2 Å². The Morgan fingerprint density at radius 1 is 1.18 bits per heavy atom. The van der Waals surface area contributed by atoms with Crippen molar-refractivity contribution in [2.75, 3.05) is 53.5 Å². The van der Waals surface area contributed by atoms with Crippen LogP contribution in [0.4, 0.5) is 4.79 Å². The summed E-state index contributed by atoms with van der Waals surface area (Å²) >= 11 is 0. The van der Waals surface area contributed by atoms with E-state index in [0.717, 1.165) is 86.6 Å². The van der Waals surface area contributed by atoms with Gasteiger partial charge in [0.05, 0.1) is 28.5 Å². The number of hydrogen-bond acceptors (Lipinski definition) is 11. The maximum absolute atomic E-state index is 14.5. The summed E-state index contributed by atoms with van der Waals surface area (Å²) in [4.78, 5) is 40.4. The molecule has 0 saturated carbocycles. The number of carbonyl (C=O) groups excluding carboxylic acids is 1. The predicted molar refractivity (Wildman–Crippen MR) is 190 cm³/mol. The molecule has 2 bridgehead atoms. The molecular formula is C37H44N8O5. The molecular weight excluding hydrogens is 636 g/mol. The Labute approximate surface area is 290 Å². The molecule has 9 rings (SSSR count). The topological polar surface area (TPSA) is 147 Å². The van der Waals surface area contributed by atoms with Crippen LogP contribution in [0, 0.1) is 0 Å². The maximum atomic E-state index is 14.5. The third-order valence-corrected chi connectivity index (χ3v) is 11.0. The van der Waals surface area contributed by atoms with E-state index in [1.54, 1.807) is 32.4 Å². The number of aromatic nitrogens is 4. The van der Waals surface area contributed by atoms with Crippen LogP contribution in [0.3, 0.4) is 0 Å². The number of carbonyl (C=O) groups is 1. The molecule has 3 fully saturated rings. The van der Waals surface area contributed by atoms with Crippen molar-refractivity contribution in [1.82, 2.24) is 40.2 Å². The van der Waals surface area contributed by atoms with Crippen LogP contribution in [0.5, 0.6) is 11.8 Å². The van der Waals surface area contributed by atoms with Gasteiger partial charge in [-0.15, -0.1) is 0 Å². The van der Waals surface area contributed by atoms with Crippen molar-refractivity contribution in [3.8, 4) is 17.4 Å². The van der Waals surface area contributed by atoms with Gasteiger partial charge in [-0.2, -0.15) is 19.7 Å². The van der Waals surface area contributed by atoms with Crippen molar-refractivity contribution >= 4 is 33.3 Å². The number of nitrogens with zero attached hydrogens (tertiary/aromatic N) is 6. The van der Waals surface area contributed by atoms with E-state index in [2.05, 4.69) is 27.6 Å². The zero-order valence-electron chi connectivity index (χ0n) is 28.9. The average Bonchev–Trinajstić information content (AvgIpc) is 3.51. The molecule has 4 aromatic rings. The summed E-state index contributed by atoms with van der Waals surface area (Å²) in [6, 6.07) is 9.74. The first kappa shape index (κ1) is 32.6. The first-order valence-corrected chi connectivity index (χ1v) is 17.7. The first-order valence-electron chi connectivity index (χ1n) is 17.7. The number of phenols is 1. The van der Waals surface area contributed by atoms with Crippen LogP contribution in [0.1, 0.15) is 50.3 Å². The minimum absolute atomic E-state index is 0.0510. The number of ether oxygens (including phenoxy) is 2. The van der Waals surface area contributed by atoms with Gasteiger partial charge in [0.1, 0.15) is 24.5 Å². The molecule has 3 atom stereocenters. The third kappa shape index (κ3) is 5.66. The number of phenolic OH excluding ortho intramolecular Hbond substituents is 1.